The van der Waals surface area contributed by atoms with Crippen LogP contribution in [0.5, 0.6) is 0 Å². The van der Waals surface area contributed by atoms with Crippen LogP contribution in [0.3, 0.4) is 0 Å². The number of nitrogens with two attached hydrogens (primary N) is 1. The molecule has 1 fully saturated rings. The second-order valence-electron chi connectivity index (χ2n) is 4.94. The van der Waals surface area contributed by atoms with Gasteiger partial charge in [-0.1, -0.05) is 35.3 Å². The van der Waals surface area contributed by atoms with Crippen LogP contribution in [-0.4, -0.2) is 4.98 Å². The Kier molecular flexibility index (Phi) is 3.48. The maximum atomic E-state index is 6.21. The van der Waals surface area contributed by atoms with Crippen LogP contribution >= 0.6 is 23.2 Å². The molecule has 1 aliphatic carbocycles. The topological polar surface area (TPSA) is 38.9 Å². The highest BCUT2D eigenvalue weighted by molar-refractivity contribution is 6.42. The highest BCUT2D eigenvalue weighted by atomic mass is 35.5. The van der Waals surface area contributed by atoms with Gasteiger partial charge in [-0.25, -0.2) is 0 Å². The standard InChI is InChI=1S/C15H14Cl2N2/c16-12-5-3-10(7-13(12)17)15(18)14-6-4-11(8-19-14)9-1-2-9/h3-9,15H,1-2,18H2. The summed E-state index contributed by atoms with van der Waals surface area (Å²) in [7, 11) is 0. The highest BCUT2D eigenvalue weighted by Gasteiger charge is 2.24. The van der Waals surface area contributed by atoms with Crippen molar-refractivity contribution in [2.45, 2.75) is 24.8 Å². The van der Waals surface area contributed by atoms with Gasteiger partial charge in [0.25, 0.3) is 0 Å². The van der Waals surface area contributed by atoms with Crippen LogP contribution in [0.15, 0.2) is 36.5 Å². The first kappa shape index (κ1) is 12.9. The van der Waals surface area contributed by atoms with E-state index < -0.39 is 0 Å². The molecule has 1 saturated carbocycles. The molecule has 1 unspecified atom stereocenters. The van der Waals surface area contributed by atoms with Gasteiger partial charge in [-0.05, 0) is 48.1 Å². The van der Waals surface area contributed by atoms with Crippen molar-refractivity contribution in [1.82, 2.24) is 4.98 Å². The third-order valence-corrected chi connectivity index (χ3v) is 4.22. The molecule has 0 bridgehead atoms. The zero-order chi connectivity index (χ0) is 13.4. The molecule has 1 aromatic carbocycles. The van der Waals surface area contributed by atoms with Crippen LogP contribution in [0, 0.1) is 0 Å². The number of pyridine rings is 1. The second-order valence-corrected chi connectivity index (χ2v) is 5.76. The molecule has 1 heterocycles. The summed E-state index contributed by atoms with van der Waals surface area (Å²) in [5, 5.41) is 1.05. The quantitative estimate of drug-likeness (QED) is 0.915. The minimum atomic E-state index is -0.275. The highest BCUT2D eigenvalue weighted by Crippen LogP contribution is 2.39. The molecule has 0 saturated heterocycles. The number of rotatable bonds is 3. The summed E-state index contributed by atoms with van der Waals surface area (Å²) in [6.45, 7) is 0. The number of aromatic nitrogens is 1. The molecule has 0 spiro atoms. The lowest BCUT2D eigenvalue weighted by molar-refractivity contribution is 0.824. The average molecular weight is 293 g/mol. The van der Waals surface area contributed by atoms with E-state index >= 15 is 0 Å². The molecule has 1 atom stereocenters. The number of hydrogen-bond donors (Lipinski definition) is 1. The smallest absolute Gasteiger partial charge is 0.0726 e. The summed E-state index contributed by atoms with van der Waals surface area (Å²) in [5.74, 6) is 0.711. The maximum absolute atomic E-state index is 6.21. The van der Waals surface area contributed by atoms with Crippen LogP contribution < -0.4 is 5.73 Å². The Morgan fingerprint density at radius 1 is 1.11 bits per heavy atom. The molecular weight excluding hydrogens is 279 g/mol. The predicted octanol–water partition coefficient (Wildman–Crippen LogP) is 4.31. The summed E-state index contributed by atoms with van der Waals surface area (Å²) >= 11 is 11.9. The number of hydrogen-bond acceptors (Lipinski definition) is 2. The average Bonchev–Trinajstić information content (AvgIpc) is 3.26. The van der Waals surface area contributed by atoms with E-state index in [0.29, 0.717) is 16.0 Å². The second kappa shape index (κ2) is 5.12. The Morgan fingerprint density at radius 2 is 1.89 bits per heavy atom. The van der Waals surface area contributed by atoms with Crippen LogP contribution in [0.2, 0.25) is 10.0 Å². The van der Waals surface area contributed by atoms with E-state index in [1.807, 2.05) is 18.3 Å². The molecule has 2 nitrogen and oxygen atoms in total. The Labute approximate surface area is 122 Å². The Bertz CT molecular complexity index is 592. The van der Waals surface area contributed by atoms with E-state index in [1.165, 1.54) is 18.4 Å². The van der Waals surface area contributed by atoms with E-state index in [4.69, 9.17) is 28.9 Å². The van der Waals surface area contributed by atoms with Gasteiger partial charge in [0, 0.05) is 6.20 Å². The van der Waals surface area contributed by atoms with Crippen molar-refractivity contribution < 1.29 is 0 Å². The summed E-state index contributed by atoms with van der Waals surface area (Å²) < 4.78 is 0. The molecule has 0 amide bonds. The largest absolute Gasteiger partial charge is 0.319 e. The first-order valence-corrected chi connectivity index (χ1v) is 7.07. The molecule has 19 heavy (non-hydrogen) atoms. The third kappa shape index (κ3) is 2.76. The van der Waals surface area contributed by atoms with Crippen molar-refractivity contribution in [2.24, 2.45) is 5.73 Å². The predicted molar refractivity (Wildman–Crippen MR) is 78.7 cm³/mol. The van der Waals surface area contributed by atoms with Crippen molar-refractivity contribution in [3.05, 3.63) is 63.4 Å². The first-order valence-electron chi connectivity index (χ1n) is 6.31. The van der Waals surface area contributed by atoms with Gasteiger partial charge in [0.15, 0.2) is 0 Å². The van der Waals surface area contributed by atoms with E-state index in [9.17, 15) is 0 Å². The molecular formula is C15H14Cl2N2. The van der Waals surface area contributed by atoms with Gasteiger partial charge in [-0.15, -0.1) is 0 Å². The van der Waals surface area contributed by atoms with Gasteiger partial charge in [0.05, 0.1) is 21.8 Å². The molecule has 0 radical (unpaired) electrons. The number of benzene rings is 1. The van der Waals surface area contributed by atoms with Crippen LogP contribution in [0.4, 0.5) is 0 Å². The lowest BCUT2D eigenvalue weighted by Crippen LogP contribution is -2.13. The lowest BCUT2D eigenvalue weighted by Gasteiger charge is -2.13. The lowest BCUT2D eigenvalue weighted by atomic mass is 10.0. The van der Waals surface area contributed by atoms with E-state index in [1.54, 1.807) is 12.1 Å². The number of nitrogens with zero attached hydrogens (tertiary/aromatic N) is 1. The zero-order valence-corrected chi connectivity index (χ0v) is 11.8. The Morgan fingerprint density at radius 3 is 2.47 bits per heavy atom. The summed E-state index contributed by atoms with van der Waals surface area (Å²) in [4.78, 5) is 4.47. The Hall–Kier alpha value is -1.09. The van der Waals surface area contributed by atoms with E-state index in [-0.39, 0.29) is 6.04 Å². The van der Waals surface area contributed by atoms with Crippen molar-refractivity contribution in [3.8, 4) is 0 Å². The fourth-order valence-corrected chi connectivity index (χ4v) is 2.44. The summed E-state index contributed by atoms with van der Waals surface area (Å²) in [6.07, 6.45) is 4.49. The molecule has 2 N–H and O–H groups in total. The number of halogens is 2. The summed E-state index contributed by atoms with van der Waals surface area (Å²) in [6, 6.07) is 9.29. The van der Waals surface area contributed by atoms with Crippen molar-refractivity contribution in [1.29, 1.82) is 0 Å². The first-order chi connectivity index (χ1) is 9.15. The van der Waals surface area contributed by atoms with Crippen molar-refractivity contribution in [2.75, 3.05) is 0 Å². The van der Waals surface area contributed by atoms with Gasteiger partial charge < -0.3 is 5.73 Å². The van der Waals surface area contributed by atoms with Gasteiger partial charge in [-0.3, -0.25) is 4.98 Å². The molecule has 1 aromatic heterocycles. The van der Waals surface area contributed by atoms with Gasteiger partial charge in [0.1, 0.15) is 0 Å². The fourth-order valence-electron chi connectivity index (χ4n) is 2.14. The minimum Gasteiger partial charge on any atom is -0.319 e. The molecule has 98 valence electrons. The third-order valence-electron chi connectivity index (χ3n) is 3.48. The molecule has 1 aliphatic rings. The molecule has 2 aromatic rings. The van der Waals surface area contributed by atoms with E-state index in [2.05, 4.69) is 11.1 Å². The van der Waals surface area contributed by atoms with Crippen LogP contribution in [0.1, 0.15) is 41.6 Å². The van der Waals surface area contributed by atoms with Crippen molar-refractivity contribution >= 4 is 23.2 Å². The maximum Gasteiger partial charge on any atom is 0.0726 e. The monoisotopic (exact) mass is 292 g/mol. The molecule has 0 aliphatic heterocycles. The van der Waals surface area contributed by atoms with Crippen molar-refractivity contribution in [3.63, 3.8) is 0 Å². The van der Waals surface area contributed by atoms with Crippen LogP contribution in [0.25, 0.3) is 0 Å². The van der Waals surface area contributed by atoms with Crippen LogP contribution in [-0.2, 0) is 0 Å². The SMILES string of the molecule is NC(c1ccc(Cl)c(Cl)c1)c1ccc(C2CC2)cn1. The van der Waals surface area contributed by atoms with Gasteiger partial charge in [0.2, 0.25) is 0 Å². The fraction of sp³-hybridized carbons (Fsp3) is 0.267. The normalized spacial score (nSPS) is 16.4. The zero-order valence-electron chi connectivity index (χ0n) is 10.3. The van der Waals surface area contributed by atoms with E-state index in [0.717, 1.165) is 11.3 Å². The summed E-state index contributed by atoms with van der Waals surface area (Å²) in [5.41, 5.74) is 9.29. The Balaban J connectivity index is 1.85. The minimum absolute atomic E-state index is 0.275. The molecule has 3 rings (SSSR count). The van der Waals surface area contributed by atoms with Gasteiger partial charge in [-0.2, -0.15) is 0 Å². The molecule has 4 heteroatoms. The van der Waals surface area contributed by atoms with Gasteiger partial charge >= 0.3 is 0 Å².